The number of piperazine rings is 1. The Morgan fingerprint density at radius 1 is 1.19 bits per heavy atom. The third-order valence-electron chi connectivity index (χ3n) is 5.07. The van der Waals surface area contributed by atoms with Crippen LogP contribution in [0.5, 0.6) is 5.88 Å². The second-order valence-electron chi connectivity index (χ2n) is 7.97. The summed E-state index contributed by atoms with van der Waals surface area (Å²) in [5.74, 6) is 0.869. The first-order valence-corrected chi connectivity index (χ1v) is 10.5. The summed E-state index contributed by atoms with van der Waals surface area (Å²) >= 11 is 0. The lowest BCUT2D eigenvalue weighted by Crippen LogP contribution is -2.54. The summed E-state index contributed by atoms with van der Waals surface area (Å²) in [5.41, 5.74) is 2.64. The van der Waals surface area contributed by atoms with E-state index in [1.165, 1.54) is 6.20 Å². The number of nitrogens with zero attached hydrogens (tertiary/aromatic N) is 6. The van der Waals surface area contributed by atoms with Gasteiger partial charge in [-0.25, -0.2) is 15.0 Å². The number of hydrogen-bond acceptors (Lipinski definition) is 8. The molecule has 0 unspecified atom stereocenters. The molecular weight excluding hydrogens is 396 g/mol. The number of fused-ring (bicyclic) bond motifs is 1. The van der Waals surface area contributed by atoms with Gasteiger partial charge >= 0.3 is 0 Å². The van der Waals surface area contributed by atoms with Gasteiger partial charge in [0.05, 0.1) is 24.2 Å². The molecule has 4 heterocycles. The van der Waals surface area contributed by atoms with Crippen LogP contribution in [0, 0.1) is 13.8 Å². The minimum absolute atomic E-state index is 0.264. The van der Waals surface area contributed by atoms with Crippen molar-refractivity contribution in [2.75, 3.05) is 29.9 Å². The first kappa shape index (κ1) is 21.0. The maximum absolute atomic E-state index is 13.0. The van der Waals surface area contributed by atoms with Crippen molar-refractivity contribution in [3.05, 3.63) is 35.5 Å². The fourth-order valence-electron chi connectivity index (χ4n) is 3.92. The summed E-state index contributed by atoms with van der Waals surface area (Å²) < 4.78 is 7.54. The van der Waals surface area contributed by atoms with Crippen molar-refractivity contribution in [1.82, 2.24) is 29.7 Å². The Labute approximate surface area is 181 Å². The van der Waals surface area contributed by atoms with Gasteiger partial charge in [0.1, 0.15) is 11.4 Å². The number of carbonyl (C=O) groups is 1. The lowest BCUT2D eigenvalue weighted by Gasteiger charge is -2.36. The summed E-state index contributed by atoms with van der Waals surface area (Å²) in [6, 6.07) is 0.642. The van der Waals surface area contributed by atoms with E-state index in [-0.39, 0.29) is 17.4 Å². The molecule has 0 spiro atoms. The normalized spacial score (nSPS) is 18.9. The van der Waals surface area contributed by atoms with Crippen molar-refractivity contribution in [3.8, 4) is 5.88 Å². The van der Waals surface area contributed by atoms with Gasteiger partial charge in [0.25, 0.3) is 5.91 Å². The van der Waals surface area contributed by atoms with E-state index in [9.17, 15) is 4.79 Å². The van der Waals surface area contributed by atoms with Crippen LogP contribution in [0.25, 0.3) is 5.65 Å². The molecule has 1 aliphatic rings. The first-order chi connectivity index (χ1) is 14.8. The zero-order chi connectivity index (χ0) is 22.1. The zero-order valence-electron chi connectivity index (χ0n) is 18.5. The molecule has 164 valence electrons. The molecule has 0 radical (unpaired) electrons. The average Bonchev–Trinajstić information content (AvgIpc) is 3.08. The molecule has 3 aromatic heterocycles. The molecule has 0 saturated carbocycles. The molecule has 1 saturated heterocycles. The monoisotopic (exact) mass is 424 g/mol. The van der Waals surface area contributed by atoms with E-state index in [1.54, 1.807) is 6.20 Å². The molecule has 10 nitrogen and oxygen atoms in total. The van der Waals surface area contributed by atoms with E-state index in [0.29, 0.717) is 30.5 Å². The second kappa shape index (κ2) is 8.46. The van der Waals surface area contributed by atoms with Crippen LogP contribution in [0.1, 0.15) is 42.5 Å². The summed E-state index contributed by atoms with van der Waals surface area (Å²) in [7, 11) is 0. The van der Waals surface area contributed by atoms with Gasteiger partial charge in [-0.2, -0.15) is 4.98 Å². The van der Waals surface area contributed by atoms with E-state index in [0.717, 1.165) is 30.1 Å². The standard InChI is InChI=1S/C21H28N8O2/c1-6-31-20-16(7-22-21(27-20)29-9-12(2)23-13(3)10-29)19(30)26-17-11-28-8-14(4)24-18(28)15(5)25-17/h7-8,11-13,23H,6,9-10H2,1-5H3,(H,26,30)/t12-,13+. The van der Waals surface area contributed by atoms with Crippen LogP contribution in [0.2, 0.25) is 0 Å². The van der Waals surface area contributed by atoms with Gasteiger partial charge in [-0.3, -0.25) is 4.79 Å². The molecule has 0 bridgehead atoms. The van der Waals surface area contributed by atoms with Crippen molar-refractivity contribution in [3.63, 3.8) is 0 Å². The average molecular weight is 425 g/mol. The first-order valence-electron chi connectivity index (χ1n) is 10.5. The van der Waals surface area contributed by atoms with Gasteiger partial charge in [0.2, 0.25) is 11.8 Å². The molecule has 1 fully saturated rings. The number of carbonyl (C=O) groups excluding carboxylic acids is 1. The highest BCUT2D eigenvalue weighted by molar-refractivity contribution is 6.05. The Hall–Kier alpha value is -3.27. The third kappa shape index (κ3) is 4.43. The highest BCUT2D eigenvalue weighted by atomic mass is 16.5. The number of aromatic nitrogens is 5. The molecule has 2 atom stereocenters. The van der Waals surface area contributed by atoms with Gasteiger partial charge in [-0.1, -0.05) is 0 Å². The Morgan fingerprint density at radius 2 is 1.94 bits per heavy atom. The van der Waals surface area contributed by atoms with Gasteiger partial charge in [0, 0.05) is 37.6 Å². The van der Waals surface area contributed by atoms with E-state index in [2.05, 4.69) is 49.3 Å². The largest absolute Gasteiger partial charge is 0.477 e. The van der Waals surface area contributed by atoms with E-state index in [4.69, 9.17) is 4.74 Å². The number of amides is 1. The summed E-state index contributed by atoms with van der Waals surface area (Å²) in [6.07, 6.45) is 5.14. The third-order valence-corrected chi connectivity index (χ3v) is 5.07. The van der Waals surface area contributed by atoms with Crippen molar-refractivity contribution in [2.45, 2.75) is 46.7 Å². The molecule has 10 heteroatoms. The van der Waals surface area contributed by atoms with Gasteiger partial charge < -0.3 is 24.7 Å². The predicted molar refractivity (Wildman–Crippen MR) is 118 cm³/mol. The summed E-state index contributed by atoms with van der Waals surface area (Å²) in [5, 5.41) is 6.32. The fraction of sp³-hybridized carbons (Fsp3) is 0.476. The zero-order valence-corrected chi connectivity index (χ0v) is 18.5. The maximum atomic E-state index is 13.0. The minimum atomic E-state index is -0.375. The van der Waals surface area contributed by atoms with Crippen LogP contribution < -0.4 is 20.3 Å². The fourth-order valence-corrected chi connectivity index (χ4v) is 3.92. The van der Waals surface area contributed by atoms with Crippen molar-refractivity contribution in [1.29, 1.82) is 0 Å². The van der Waals surface area contributed by atoms with Gasteiger partial charge in [-0.05, 0) is 34.6 Å². The minimum Gasteiger partial charge on any atom is -0.477 e. The number of nitrogens with one attached hydrogen (secondary N) is 2. The molecule has 0 aromatic carbocycles. The maximum Gasteiger partial charge on any atom is 0.263 e. The van der Waals surface area contributed by atoms with Crippen LogP contribution >= 0.6 is 0 Å². The number of rotatable bonds is 5. The molecule has 4 rings (SSSR count). The highest BCUT2D eigenvalue weighted by Crippen LogP contribution is 2.22. The van der Waals surface area contributed by atoms with Crippen molar-refractivity contribution < 1.29 is 9.53 Å². The Morgan fingerprint density at radius 3 is 2.65 bits per heavy atom. The Bertz CT molecular complexity index is 1100. The molecule has 0 aliphatic carbocycles. The quantitative estimate of drug-likeness (QED) is 0.640. The lowest BCUT2D eigenvalue weighted by molar-refractivity contribution is 0.102. The number of anilines is 2. The molecule has 2 N–H and O–H groups in total. The molecule has 31 heavy (non-hydrogen) atoms. The lowest BCUT2D eigenvalue weighted by atomic mass is 10.1. The van der Waals surface area contributed by atoms with Gasteiger partial charge in [-0.15, -0.1) is 0 Å². The van der Waals surface area contributed by atoms with E-state index in [1.807, 2.05) is 31.4 Å². The van der Waals surface area contributed by atoms with Crippen molar-refractivity contribution >= 4 is 23.3 Å². The smallest absolute Gasteiger partial charge is 0.263 e. The number of hydrogen-bond donors (Lipinski definition) is 2. The van der Waals surface area contributed by atoms with Gasteiger partial charge in [0.15, 0.2) is 5.65 Å². The summed E-state index contributed by atoms with van der Waals surface area (Å²) in [6.45, 7) is 11.8. The van der Waals surface area contributed by atoms with Crippen LogP contribution in [-0.2, 0) is 0 Å². The molecular formula is C21H28N8O2. The van der Waals surface area contributed by atoms with Crippen LogP contribution in [0.3, 0.4) is 0 Å². The van der Waals surface area contributed by atoms with E-state index >= 15 is 0 Å². The Kier molecular flexibility index (Phi) is 5.73. The van der Waals surface area contributed by atoms with E-state index < -0.39 is 0 Å². The highest BCUT2D eigenvalue weighted by Gasteiger charge is 2.25. The molecule has 3 aromatic rings. The Balaban J connectivity index is 1.60. The predicted octanol–water partition coefficient (Wildman–Crippen LogP) is 1.97. The summed E-state index contributed by atoms with van der Waals surface area (Å²) in [4.78, 5) is 33.0. The van der Waals surface area contributed by atoms with Crippen LogP contribution in [0.15, 0.2) is 18.6 Å². The topological polar surface area (TPSA) is 110 Å². The SMILES string of the molecule is CCOc1nc(N2C[C@@H](C)N[C@@H](C)C2)ncc1C(=O)Nc1cn2cc(C)nc2c(C)n1. The second-order valence-corrected chi connectivity index (χ2v) is 7.97. The van der Waals surface area contributed by atoms with Crippen LogP contribution in [0.4, 0.5) is 11.8 Å². The number of aryl methyl sites for hydroxylation is 2. The number of ether oxygens (including phenoxy) is 1. The number of imidazole rings is 1. The molecule has 1 aliphatic heterocycles. The van der Waals surface area contributed by atoms with Crippen molar-refractivity contribution in [2.24, 2.45) is 0 Å². The van der Waals surface area contributed by atoms with Crippen LogP contribution in [-0.4, -0.2) is 62.0 Å². The molecule has 1 amide bonds.